The van der Waals surface area contributed by atoms with Crippen molar-refractivity contribution in [3.63, 3.8) is 0 Å². The van der Waals surface area contributed by atoms with Gasteiger partial charge in [0.1, 0.15) is 0 Å². The highest BCUT2D eigenvalue weighted by molar-refractivity contribution is 5.02. The standard InChI is InChI=1S/C9H16N4O2/c1-9(2,10)7-11-12-8(14)13(7)6-3-4-15-5-6/h6H,3-5,10H2,1-2H3,(H,12,14). The molecule has 1 aromatic heterocycles. The molecule has 0 aliphatic carbocycles. The molecule has 1 aliphatic rings. The minimum atomic E-state index is -0.623. The molecule has 1 atom stereocenters. The Balaban J connectivity index is 2.44. The fourth-order valence-electron chi connectivity index (χ4n) is 1.82. The highest BCUT2D eigenvalue weighted by atomic mass is 16.5. The summed E-state index contributed by atoms with van der Waals surface area (Å²) in [5.74, 6) is 0.586. The lowest BCUT2D eigenvalue weighted by Gasteiger charge is -2.20. The van der Waals surface area contributed by atoms with Crippen LogP contribution in [0.25, 0.3) is 0 Å². The summed E-state index contributed by atoms with van der Waals surface area (Å²) in [4.78, 5) is 11.6. The van der Waals surface area contributed by atoms with E-state index in [4.69, 9.17) is 10.5 Å². The Hall–Kier alpha value is -1.14. The predicted octanol–water partition coefficient (Wildman–Crippen LogP) is -0.273. The molecule has 2 rings (SSSR count). The van der Waals surface area contributed by atoms with Gasteiger partial charge in [0.2, 0.25) is 0 Å². The van der Waals surface area contributed by atoms with Gasteiger partial charge in [-0.1, -0.05) is 0 Å². The lowest BCUT2D eigenvalue weighted by Crippen LogP contribution is -2.36. The molecule has 0 bridgehead atoms. The summed E-state index contributed by atoms with van der Waals surface area (Å²) >= 11 is 0. The summed E-state index contributed by atoms with van der Waals surface area (Å²) in [5, 5.41) is 6.42. The summed E-state index contributed by atoms with van der Waals surface area (Å²) < 4.78 is 6.88. The van der Waals surface area contributed by atoms with Crippen molar-refractivity contribution in [3.8, 4) is 0 Å². The van der Waals surface area contributed by atoms with Crippen LogP contribution in [0.4, 0.5) is 0 Å². The maximum atomic E-state index is 11.6. The minimum Gasteiger partial charge on any atom is -0.379 e. The molecule has 3 N–H and O–H groups in total. The zero-order valence-corrected chi connectivity index (χ0v) is 8.99. The van der Waals surface area contributed by atoms with Crippen molar-refractivity contribution in [1.82, 2.24) is 14.8 Å². The van der Waals surface area contributed by atoms with Crippen molar-refractivity contribution in [2.45, 2.75) is 31.8 Å². The van der Waals surface area contributed by atoms with Crippen molar-refractivity contribution < 1.29 is 4.74 Å². The van der Waals surface area contributed by atoms with Crippen LogP contribution >= 0.6 is 0 Å². The fraction of sp³-hybridized carbons (Fsp3) is 0.778. The van der Waals surface area contributed by atoms with Gasteiger partial charge in [0, 0.05) is 6.61 Å². The monoisotopic (exact) mass is 212 g/mol. The van der Waals surface area contributed by atoms with Crippen LogP contribution in [0.2, 0.25) is 0 Å². The smallest absolute Gasteiger partial charge is 0.343 e. The molecule has 1 unspecified atom stereocenters. The summed E-state index contributed by atoms with van der Waals surface area (Å²) in [6, 6.07) is 0.0640. The Morgan fingerprint density at radius 3 is 2.93 bits per heavy atom. The van der Waals surface area contributed by atoms with Crippen LogP contribution in [-0.4, -0.2) is 28.0 Å². The van der Waals surface area contributed by atoms with Gasteiger partial charge in [-0.3, -0.25) is 4.57 Å². The number of rotatable bonds is 2. The number of hydrogen-bond acceptors (Lipinski definition) is 4. The van der Waals surface area contributed by atoms with Gasteiger partial charge in [-0.25, -0.2) is 9.89 Å². The maximum Gasteiger partial charge on any atom is 0.343 e. The van der Waals surface area contributed by atoms with Gasteiger partial charge in [0.25, 0.3) is 0 Å². The minimum absolute atomic E-state index is 0.0640. The van der Waals surface area contributed by atoms with Gasteiger partial charge in [-0.2, -0.15) is 5.10 Å². The van der Waals surface area contributed by atoms with Gasteiger partial charge < -0.3 is 10.5 Å². The van der Waals surface area contributed by atoms with E-state index >= 15 is 0 Å². The van der Waals surface area contributed by atoms with E-state index in [1.54, 1.807) is 4.57 Å². The van der Waals surface area contributed by atoms with Crippen LogP contribution in [0, 0.1) is 0 Å². The largest absolute Gasteiger partial charge is 0.379 e. The van der Waals surface area contributed by atoms with Gasteiger partial charge in [0.15, 0.2) is 5.82 Å². The quantitative estimate of drug-likeness (QED) is 0.706. The molecule has 1 aliphatic heterocycles. The van der Waals surface area contributed by atoms with Crippen molar-refractivity contribution in [1.29, 1.82) is 0 Å². The van der Waals surface area contributed by atoms with Crippen LogP contribution in [0.3, 0.4) is 0 Å². The van der Waals surface area contributed by atoms with E-state index in [0.717, 1.165) is 6.42 Å². The van der Waals surface area contributed by atoms with Crippen molar-refractivity contribution >= 4 is 0 Å². The van der Waals surface area contributed by atoms with Crippen LogP contribution in [-0.2, 0) is 10.3 Å². The number of hydrogen-bond donors (Lipinski definition) is 2. The molecule has 15 heavy (non-hydrogen) atoms. The van der Waals surface area contributed by atoms with E-state index in [1.165, 1.54) is 0 Å². The number of aromatic amines is 1. The molecule has 2 heterocycles. The van der Waals surface area contributed by atoms with Gasteiger partial charge in [-0.15, -0.1) is 0 Å². The van der Waals surface area contributed by atoms with Crippen LogP contribution in [0.1, 0.15) is 32.1 Å². The van der Waals surface area contributed by atoms with E-state index in [9.17, 15) is 4.79 Å². The number of nitrogens with one attached hydrogen (secondary N) is 1. The Bertz CT molecular complexity index is 395. The second-order valence-electron chi connectivity index (χ2n) is 4.46. The molecule has 0 amide bonds. The van der Waals surface area contributed by atoms with E-state index in [-0.39, 0.29) is 11.7 Å². The predicted molar refractivity (Wildman–Crippen MR) is 54.5 cm³/mol. The molecule has 0 spiro atoms. The van der Waals surface area contributed by atoms with Gasteiger partial charge in [0.05, 0.1) is 18.2 Å². The summed E-state index contributed by atoms with van der Waals surface area (Å²) in [7, 11) is 0. The van der Waals surface area contributed by atoms with E-state index in [0.29, 0.717) is 19.0 Å². The lowest BCUT2D eigenvalue weighted by atomic mass is 10.1. The zero-order chi connectivity index (χ0) is 11.1. The second-order valence-corrected chi connectivity index (χ2v) is 4.46. The molecule has 84 valence electrons. The normalized spacial score (nSPS) is 22.2. The molecule has 0 aromatic carbocycles. The topological polar surface area (TPSA) is 85.9 Å². The molecule has 1 saturated heterocycles. The molecule has 6 nitrogen and oxygen atoms in total. The molecular weight excluding hydrogens is 196 g/mol. The van der Waals surface area contributed by atoms with Crippen LogP contribution in [0.15, 0.2) is 4.79 Å². The van der Waals surface area contributed by atoms with Gasteiger partial charge >= 0.3 is 5.69 Å². The molecular formula is C9H16N4O2. The second kappa shape index (κ2) is 3.46. The number of nitrogens with zero attached hydrogens (tertiary/aromatic N) is 2. The Morgan fingerprint density at radius 2 is 2.40 bits per heavy atom. The van der Waals surface area contributed by atoms with E-state index in [1.807, 2.05) is 13.8 Å². The summed E-state index contributed by atoms with van der Waals surface area (Å²) in [6.07, 6.45) is 0.836. The third-order valence-corrected chi connectivity index (χ3v) is 2.55. The van der Waals surface area contributed by atoms with Crippen molar-refractivity contribution in [2.24, 2.45) is 5.73 Å². The summed E-state index contributed by atoms with van der Waals surface area (Å²) in [6.45, 7) is 4.90. The molecule has 1 fully saturated rings. The first kappa shape index (κ1) is 10.4. The number of ether oxygens (including phenoxy) is 1. The first-order valence-corrected chi connectivity index (χ1v) is 5.04. The SMILES string of the molecule is CC(C)(N)c1n[nH]c(=O)n1C1CCOC1. The highest BCUT2D eigenvalue weighted by Gasteiger charge is 2.29. The highest BCUT2D eigenvalue weighted by Crippen LogP contribution is 2.22. The van der Waals surface area contributed by atoms with Crippen LogP contribution < -0.4 is 11.4 Å². The Kier molecular flexibility index (Phi) is 2.40. The Labute approximate surface area is 87.4 Å². The Morgan fingerprint density at radius 1 is 1.67 bits per heavy atom. The van der Waals surface area contributed by atoms with E-state index in [2.05, 4.69) is 10.2 Å². The molecule has 0 saturated carbocycles. The first-order valence-electron chi connectivity index (χ1n) is 5.04. The molecule has 0 radical (unpaired) electrons. The third-order valence-electron chi connectivity index (χ3n) is 2.55. The van der Waals surface area contributed by atoms with Crippen LogP contribution in [0.5, 0.6) is 0 Å². The fourth-order valence-corrected chi connectivity index (χ4v) is 1.82. The molecule has 1 aromatic rings. The number of H-pyrrole nitrogens is 1. The van der Waals surface area contributed by atoms with Crippen molar-refractivity contribution in [2.75, 3.05) is 13.2 Å². The van der Waals surface area contributed by atoms with E-state index < -0.39 is 5.54 Å². The summed E-state index contributed by atoms with van der Waals surface area (Å²) in [5.41, 5.74) is 5.12. The zero-order valence-electron chi connectivity index (χ0n) is 8.99. The van der Waals surface area contributed by atoms with Crippen molar-refractivity contribution in [3.05, 3.63) is 16.3 Å². The molecule has 6 heteroatoms. The maximum absolute atomic E-state index is 11.6. The average Bonchev–Trinajstić information content (AvgIpc) is 2.69. The third kappa shape index (κ3) is 1.82. The average molecular weight is 212 g/mol. The number of nitrogens with two attached hydrogens (primary N) is 1. The first-order chi connectivity index (χ1) is 7.00. The van der Waals surface area contributed by atoms with Gasteiger partial charge in [-0.05, 0) is 20.3 Å². The lowest BCUT2D eigenvalue weighted by molar-refractivity contribution is 0.184. The number of aromatic nitrogens is 3.